The molecule has 1 aromatic rings. The van der Waals surface area contributed by atoms with Gasteiger partial charge in [0.25, 0.3) is 0 Å². The van der Waals surface area contributed by atoms with Gasteiger partial charge in [0.2, 0.25) is 0 Å². The van der Waals surface area contributed by atoms with Crippen LogP contribution < -0.4 is 15.8 Å². The lowest BCUT2D eigenvalue weighted by atomic mass is 10.1. The number of nitrogens with two attached hydrogens (primary N) is 1. The van der Waals surface area contributed by atoms with E-state index in [0.29, 0.717) is 6.54 Å². The number of hydrogen-bond donors (Lipinski definition) is 3. The Labute approximate surface area is 101 Å². The highest BCUT2D eigenvalue weighted by Crippen LogP contribution is 2.16. The van der Waals surface area contributed by atoms with E-state index in [1.807, 2.05) is 31.2 Å². The molecular weight excluding hydrogens is 218 g/mol. The minimum Gasteiger partial charge on any atom is -0.496 e. The Balaban J connectivity index is 2.66. The van der Waals surface area contributed by atoms with Gasteiger partial charge in [0.1, 0.15) is 5.75 Å². The summed E-state index contributed by atoms with van der Waals surface area (Å²) >= 11 is 0. The lowest BCUT2D eigenvalue weighted by Gasteiger charge is -2.16. The molecule has 4 N–H and O–H groups in total. The number of rotatable bonds is 6. The highest BCUT2D eigenvalue weighted by atomic mass is 16.5. The van der Waals surface area contributed by atoms with Crippen LogP contribution in [-0.4, -0.2) is 24.2 Å². The van der Waals surface area contributed by atoms with E-state index in [9.17, 15) is 0 Å². The maximum Gasteiger partial charge on any atom is 0.156 e. The molecule has 0 heterocycles. The molecule has 5 heteroatoms. The summed E-state index contributed by atoms with van der Waals surface area (Å²) in [7, 11) is 1.64. The van der Waals surface area contributed by atoms with Gasteiger partial charge in [0.05, 0.1) is 13.2 Å². The summed E-state index contributed by atoms with van der Waals surface area (Å²) in [6, 6.07) is 7.62. The van der Waals surface area contributed by atoms with E-state index in [4.69, 9.17) is 15.7 Å². The first kappa shape index (κ1) is 13.3. The standard InChI is InChI=1S/C12H19N3O2/c1-3-10(12(13)15-16)14-8-9-6-4-5-7-11(9)17-2/h4-7,10,14,16H,3,8H2,1-2H3,(H2,13,15). The van der Waals surface area contributed by atoms with Gasteiger partial charge in [0, 0.05) is 12.1 Å². The van der Waals surface area contributed by atoms with E-state index in [1.54, 1.807) is 7.11 Å². The fraction of sp³-hybridized carbons (Fsp3) is 0.417. The van der Waals surface area contributed by atoms with E-state index in [2.05, 4.69) is 10.5 Å². The smallest absolute Gasteiger partial charge is 0.156 e. The molecular formula is C12H19N3O2. The van der Waals surface area contributed by atoms with Gasteiger partial charge < -0.3 is 21.0 Å². The number of oxime groups is 1. The number of nitrogens with one attached hydrogen (secondary N) is 1. The molecule has 0 saturated heterocycles. The normalized spacial score (nSPS) is 13.4. The largest absolute Gasteiger partial charge is 0.496 e. The fourth-order valence-electron chi connectivity index (χ4n) is 1.61. The Hall–Kier alpha value is -1.75. The summed E-state index contributed by atoms with van der Waals surface area (Å²) in [6.45, 7) is 2.58. The predicted octanol–water partition coefficient (Wildman–Crippen LogP) is 1.31. The summed E-state index contributed by atoms with van der Waals surface area (Å²) in [5.74, 6) is 1.02. The Morgan fingerprint density at radius 2 is 2.24 bits per heavy atom. The second-order valence-electron chi connectivity index (χ2n) is 3.68. The number of ether oxygens (including phenoxy) is 1. The molecule has 5 nitrogen and oxygen atoms in total. The molecule has 0 aromatic heterocycles. The van der Waals surface area contributed by atoms with Crippen LogP contribution in [0.25, 0.3) is 0 Å². The number of methoxy groups -OCH3 is 1. The summed E-state index contributed by atoms with van der Waals surface area (Å²) in [5, 5.41) is 14.9. The van der Waals surface area contributed by atoms with Crippen LogP contribution >= 0.6 is 0 Å². The van der Waals surface area contributed by atoms with Gasteiger partial charge in [-0.2, -0.15) is 0 Å². The SMILES string of the molecule is CCC(NCc1ccccc1OC)C(N)=NO. The van der Waals surface area contributed by atoms with Gasteiger partial charge in [-0.1, -0.05) is 30.3 Å². The van der Waals surface area contributed by atoms with Gasteiger partial charge in [-0.25, -0.2) is 0 Å². The average molecular weight is 237 g/mol. The molecule has 0 aliphatic carbocycles. The summed E-state index contributed by atoms with van der Waals surface area (Å²) in [4.78, 5) is 0. The third-order valence-corrected chi connectivity index (χ3v) is 2.61. The second kappa shape index (κ2) is 6.75. The fourth-order valence-corrected chi connectivity index (χ4v) is 1.61. The molecule has 1 rings (SSSR count). The number of hydrogen-bond acceptors (Lipinski definition) is 4. The Bertz CT molecular complexity index is 380. The first-order chi connectivity index (χ1) is 8.22. The zero-order valence-corrected chi connectivity index (χ0v) is 10.2. The Morgan fingerprint density at radius 3 is 2.82 bits per heavy atom. The van der Waals surface area contributed by atoms with Gasteiger partial charge in [-0.15, -0.1) is 0 Å². The zero-order valence-electron chi connectivity index (χ0n) is 10.2. The first-order valence-electron chi connectivity index (χ1n) is 5.55. The Morgan fingerprint density at radius 1 is 1.53 bits per heavy atom. The van der Waals surface area contributed by atoms with Crippen molar-refractivity contribution in [3.63, 3.8) is 0 Å². The maximum absolute atomic E-state index is 8.63. The highest BCUT2D eigenvalue weighted by molar-refractivity contribution is 5.85. The molecule has 0 saturated carbocycles. The molecule has 1 atom stereocenters. The van der Waals surface area contributed by atoms with Crippen LogP contribution in [0.15, 0.2) is 29.4 Å². The van der Waals surface area contributed by atoms with Crippen molar-refractivity contribution in [2.24, 2.45) is 10.9 Å². The molecule has 1 unspecified atom stereocenters. The lowest BCUT2D eigenvalue weighted by molar-refractivity contribution is 0.314. The minimum atomic E-state index is -0.134. The summed E-state index contributed by atoms with van der Waals surface area (Å²) in [5.41, 5.74) is 6.61. The number of para-hydroxylation sites is 1. The van der Waals surface area contributed by atoms with Crippen molar-refractivity contribution >= 4 is 5.84 Å². The molecule has 0 fully saturated rings. The topological polar surface area (TPSA) is 79.9 Å². The van der Waals surface area contributed by atoms with Crippen molar-refractivity contribution in [3.8, 4) is 5.75 Å². The van der Waals surface area contributed by atoms with Crippen molar-refractivity contribution in [1.82, 2.24) is 5.32 Å². The molecule has 0 radical (unpaired) electrons. The van der Waals surface area contributed by atoms with E-state index in [-0.39, 0.29) is 11.9 Å². The number of benzene rings is 1. The highest BCUT2D eigenvalue weighted by Gasteiger charge is 2.11. The molecule has 0 aliphatic heterocycles. The van der Waals surface area contributed by atoms with Gasteiger partial charge in [-0.3, -0.25) is 0 Å². The van der Waals surface area contributed by atoms with Crippen LogP contribution in [0.4, 0.5) is 0 Å². The van der Waals surface area contributed by atoms with Crippen molar-refractivity contribution in [2.45, 2.75) is 25.9 Å². The first-order valence-corrected chi connectivity index (χ1v) is 5.55. The molecule has 0 amide bonds. The quantitative estimate of drug-likeness (QED) is 0.301. The van der Waals surface area contributed by atoms with Gasteiger partial charge in [-0.05, 0) is 12.5 Å². The zero-order chi connectivity index (χ0) is 12.7. The summed E-state index contributed by atoms with van der Waals surface area (Å²) < 4.78 is 5.25. The Kier molecular flexibility index (Phi) is 5.29. The van der Waals surface area contributed by atoms with Crippen molar-refractivity contribution < 1.29 is 9.94 Å². The van der Waals surface area contributed by atoms with Crippen molar-refractivity contribution in [2.75, 3.05) is 7.11 Å². The van der Waals surface area contributed by atoms with E-state index >= 15 is 0 Å². The predicted molar refractivity (Wildman–Crippen MR) is 67.3 cm³/mol. The monoisotopic (exact) mass is 237 g/mol. The van der Waals surface area contributed by atoms with Crippen molar-refractivity contribution in [3.05, 3.63) is 29.8 Å². The molecule has 94 valence electrons. The van der Waals surface area contributed by atoms with Crippen LogP contribution in [0, 0.1) is 0 Å². The van der Waals surface area contributed by atoms with Crippen molar-refractivity contribution in [1.29, 1.82) is 0 Å². The lowest BCUT2D eigenvalue weighted by Crippen LogP contribution is -2.40. The van der Waals surface area contributed by atoms with Gasteiger partial charge >= 0.3 is 0 Å². The number of amidine groups is 1. The second-order valence-corrected chi connectivity index (χ2v) is 3.68. The molecule has 17 heavy (non-hydrogen) atoms. The van der Waals surface area contributed by atoms with Crippen LogP contribution in [0.2, 0.25) is 0 Å². The molecule has 1 aromatic carbocycles. The third kappa shape index (κ3) is 3.64. The number of nitrogens with zero attached hydrogens (tertiary/aromatic N) is 1. The average Bonchev–Trinajstić information content (AvgIpc) is 2.39. The molecule has 0 bridgehead atoms. The van der Waals surface area contributed by atoms with E-state index in [0.717, 1.165) is 17.7 Å². The van der Waals surface area contributed by atoms with Crippen LogP contribution in [0.3, 0.4) is 0 Å². The van der Waals surface area contributed by atoms with Crippen LogP contribution in [0.5, 0.6) is 5.75 Å². The van der Waals surface area contributed by atoms with E-state index in [1.165, 1.54) is 0 Å². The van der Waals surface area contributed by atoms with Gasteiger partial charge in [0.15, 0.2) is 5.84 Å². The summed E-state index contributed by atoms with van der Waals surface area (Å²) in [6.07, 6.45) is 0.755. The van der Waals surface area contributed by atoms with E-state index < -0.39 is 0 Å². The van der Waals surface area contributed by atoms with Crippen LogP contribution in [0.1, 0.15) is 18.9 Å². The third-order valence-electron chi connectivity index (χ3n) is 2.61. The van der Waals surface area contributed by atoms with Crippen LogP contribution in [-0.2, 0) is 6.54 Å². The maximum atomic E-state index is 8.63. The minimum absolute atomic E-state index is 0.134. The molecule has 0 aliphatic rings. The molecule has 0 spiro atoms.